The van der Waals surface area contributed by atoms with Crippen molar-refractivity contribution in [1.82, 2.24) is 10.4 Å². The van der Waals surface area contributed by atoms with E-state index in [1.54, 1.807) is 24.7 Å². The molecule has 2 aromatic carbocycles. The van der Waals surface area contributed by atoms with Crippen LogP contribution in [0.5, 0.6) is 5.75 Å². The molecule has 0 radical (unpaired) electrons. The van der Waals surface area contributed by atoms with Gasteiger partial charge in [0.15, 0.2) is 5.13 Å². The summed E-state index contributed by atoms with van der Waals surface area (Å²) in [6, 6.07) is 11.9. The fourth-order valence-electron chi connectivity index (χ4n) is 3.24. The van der Waals surface area contributed by atoms with E-state index in [0.717, 1.165) is 40.3 Å². The number of anilines is 1. The van der Waals surface area contributed by atoms with E-state index in [2.05, 4.69) is 20.4 Å². The second kappa shape index (κ2) is 9.02. The van der Waals surface area contributed by atoms with Crippen LogP contribution in [0, 0.1) is 0 Å². The summed E-state index contributed by atoms with van der Waals surface area (Å²) in [6.07, 6.45) is 1.81. The number of carbonyl (C=O) groups excluding carboxylic acids is 1. The van der Waals surface area contributed by atoms with Gasteiger partial charge in [0.25, 0.3) is 0 Å². The smallest absolute Gasteiger partial charge is 0.246 e. The highest BCUT2D eigenvalue weighted by atomic mass is 32.1. The zero-order valence-corrected chi connectivity index (χ0v) is 16.9. The van der Waals surface area contributed by atoms with Gasteiger partial charge in [-0.3, -0.25) is 4.79 Å². The van der Waals surface area contributed by atoms with Crippen LogP contribution in [0.4, 0.5) is 5.13 Å². The fourth-order valence-corrected chi connectivity index (χ4v) is 4.12. The zero-order valence-electron chi connectivity index (χ0n) is 16.1. The van der Waals surface area contributed by atoms with Crippen molar-refractivity contribution in [3.05, 3.63) is 53.0 Å². The van der Waals surface area contributed by atoms with Gasteiger partial charge in [0.1, 0.15) is 5.75 Å². The molecule has 0 bridgehead atoms. The molecule has 1 aromatic heterocycles. The molecule has 150 valence electrons. The van der Waals surface area contributed by atoms with Crippen LogP contribution in [0.3, 0.4) is 0 Å². The molecular formula is C21H22N4O3S. The Morgan fingerprint density at radius 1 is 1.31 bits per heavy atom. The molecule has 0 unspecified atom stereocenters. The summed E-state index contributed by atoms with van der Waals surface area (Å²) in [4.78, 5) is 19.0. The van der Waals surface area contributed by atoms with Crippen molar-refractivity contribution in [3.8, 4) is 5.75 Å². The minimum absolute atomic E-state index is 0.185. The Morgan fingerprint density at radius 3 is 2.97 bits per heavy atom. The maximum absolute atomic E-state index is 12.3. The molecule has 1 fully saturated rings. The van der Waals surface area contributed by atoms with Crippen LogP contribution in [0.1, 0.15) is 11.3 Å². The van der Waals surface area contributed by atoms with Crippen molar-refractivity contribution in [1.29, 1.82) is 0 Å². The number of carbonyl (C=O) groups is 1. The predicted octanol–water partition coefficient (Wildman–Crippen LogP) is 2.83. The lowest BCUT2D eigenvalue weighted by atomic mass is 10.0. The van der Waals surface area contributed by atoms with Crippen LogP contribution in [0.15, 0.2) is 46.9 Å². The molecule has 1 N–H and O–H groups in total. The van der Waals surface area contributed by atoms with E-state index < -0.39 is 0 Å². The quantitative estimate of drug-likeness (QED) is 0.500. The van der Waals surface area contributed by atoms with Gasteiger partial charge in [-0.2, -0.15) is 5.10 Å². The van der Waals surface area contributed by atoms with E-state index in [4.69, 9.17) is 9.47 Å². The lowest BCUT2D eigenvalue weighted by Gasteiger charge is -2.26. The summed E-state index contributed by atoms with van der Waals surface area (Å²) in [7, 11) is 1.62. The number of methoxy groups -OCH3 is 1. The first-order valence-electron chi connectivity index (χ1n) is 9.39. The number of fused-ring (bicyclic) bond motifs is 1. The first kappa shape index (κ1) is 19.4. The minimum Gasteiger partial charge on any atom is -0.496 e. The fraction of sp³-hybridized carbons (Fsp3) is 0.286. The Morgan fingerprint density at radius 2 is 2.14 bits per heavy atom. The van der Waals surface area contributed by atoms with Crippen molar-refractivity contribution < 1.29 is 14.3 Å². The van der Waals surface area contributed by atoms with Crippen LogP contribution < -0.4 is 15.1 Å². The van der Waals surface area contributed by atoms with Gasteiger partial charge in [-0.15, -0.1) is 11.3 Å². The van der Waals surface area contributed by atoms with Crippen LogP contribution in [0.25, 0.3) is 10.8 Å². The van der Waals surface area contributed by atoms with Crippen molar-refractivity contribution >= 4 is 39.4 Å². The third-order valence-corrected chi connectivity index (χ3v) is 5.65. The van der Waals surface area contributed by atoms with Gasteiger partial charge in [-0.1, -0.05) is 30.3 Å². The first-order chi connectivity index (χ1) is 14.2. The number of nitrogens with zero attached hydrogens (tertiary/aromatic N) is 3. The number of morpholine rings is 1. The summed E-state index contributed by atoms with van der Waals surface area (Å²) in [5.74, 6) is 0.496. The maximum Gasteiger partial charge on any atom is 0.246 e. The molecule has 1 aliphatic heterocycles. The molecule has 0 atom stereocenters. The van der Waals surface area contributed by atoms with E-state index in [0.29, 0.717) is 19.0 Å². The molecule has 0 aliphatic carbocycles. The molecule has 3 aromatic rings. The Balaban J connectivity index is 1.41. The topological polar surface area (TPSA) is 76.0 Å². The molecule has 1 aliphatic rings. The summed E-state index contributed by atoms with van der Waals surface area (Å²) in [5, 5.41) is 9.08. The highest BCUT2D eigenvalue weighted by Crippen LogP contribution is 2.26. The Kier molecular flexibility index (Phi) is 6.02. The predicted molar refractivity (Wildman–Crippen MR) is 115 cm³/mol. The summed E-state index contributed by atoms with van der Waals surface area (Å²) >= 11 is 1.55. The SMILES string of the molecule is COc1ccc2ccccc2c1/C=N\NC(=O)Cc1csc(N2CCOCC2)n1. The molecule has 1 saturated heterocycles. The number of amides is 1. The van der Waals surface area contributed by atoms with E-state index >= 15 is 0 Å². The number of ether oxygens (including phenoxy) is 2. The average Bonchev–Trinajstić information content (AvgIpc) is 3.23. The summed E-state index contributed by atoms with van der Waals surface area (Å²) in [5.41, 5.74) is 4.16. The molecule has 29 heavy (non-hydrogen) atoms. The Bertz CT molecular complexity index is 1030. The first-order valence-corrected chi connectivity index (χ1v) is 10.3. The molecular weight excluding hydrogens is 388 g/mol. The number of thiazole rings is 1. The van der Waals surface area contributed by atoms with Gasteiger partial charge in [0.2, 0.25) is 5.91 Å². The molecule has 8 heteroatoms. The molecule has 7 nitrogen and oxygen atoms in total. The summed E-state index contributed by atoms with van der Waals surface area (Å²) < 4.78 is 10.8. The Hall–Kier alpha value is -2.97. The third-order valence-electron chi connectivity index (χ3n) is 4.70. The highest BCUT2D eigenvalue weighted by Gasteiger charge is 2.15. The number of rotatable bonds is 6. The molecule has 0 spiro atoms. The summed E-state index contributed by atoms with van der Waals surface area (Å²) in [6.45, 7) is 3.08. The zero-order chi connectivity index (χ0) is 20.1. The van der Waals surface area contributed by atoms with Gasteiger partial charge >= 0.3 is 0 Å². The van der Waals surface area contributed by atoms with Crippen molar-refractivity contribution in [2.24, 2.45) is 5.10 Å². The molecule has 0 saturated carbocycles. The van der Waals surface area contributed by atoms with Crippen LogP contribution in [-0.2, 0) is 16.0 Å². The van der Waals surface area contributed by atoms with Crippen LogP contribution >= 0.6 is 11.3 Å². The van der Waals surface area contributed by atoms with Crippen molar-refractivity contribution in [3.63, 3.8) is 0 Å². The standard InChI is InChI=1S/C21H22N4O3S/c1-27-19-7-6-15-4-2-3-5-17(15)18(19)13-22-24-20(26)12-16-14-29-21(23-16)25-8-10-28-11-9-25/h2-7,13-14H,8-12H2,1H3,(H,24,26)/b22-13-. The minimum atomic E-state index is -0.209. The lowest BCUT2D eigenvalue weighted by molar-refractivity contribution is -0.120. The maximum atomic E-state index is 12.3. The average molecular weight is 410 g/mol. The van der Waals surface area contributed by atoms with Gasteiger partial charge in [-0.05, 0) is 16.8 Å². The highest BCUT2D eigenvalue weighted by molar-refractivity contribution is 7.13. The second-order valence-electron chi connectivity index (χ2n) is 6.59. The van der Waals surface area contributed by atoms with Crippen LogP contribution in [-0.4, -0.2) is 50.5 Å². The number of hydrogen-bond acceptors (Lipinski definition) is 7. The van der Waals surface area contributed by atoms with Crippen molar-refractivity contribution in [2.45, 2.75) is 6.42 Å². The van der Waals surface area contributed by atoms with E-state index in [1.807, 2.05) is 41.8 Å². The largest absolute Gasteiger partial charge is 0.496 e. The van der Waals surface area contributed by atoms with E-state index in [9.17, 15) is 4.79 Å². The van der Waals surface area contributed by atoms with E-state index in [1.165, 1.54) is 0 Å². The van der Waals surface area contributed by atoms with Crippen molar-refractivity contribution in [2.75, 3.05) is 38.3 Å². The van der Waals surface area contributed by atoms with Gasteiger partial charge in [-0.25, -0.2) is 10.4 Å². The number of nitrogens with one attached hydrogen (secondary N) is 1. The number of aromatic nitrogens is 1. The van der Waals surface area contributed by atoms with E-state index in [-0.39, 0.29) is 12.3 Å². The monoisotopic (exact) mass is 410 g/mol. The molecule has 2 heterocycles. The number of hydrazone groups is 1. The third kappa shape index (κ3) is 4.55. The lowest BCUT2D eigenvalue weighted by Crippen LogP contribution is -2.36. The van der Waals surface area contributed by atoms with Crippen LogP contribution in [0.2, 0.25) is 0 Å². The number of hydrogen-bond donors (Lipinski definition) is 1. The molecule has 4 rings (SSSR count). The normalized spacial score (nSPS) is 14.4. The number of benzene rings is 2. The van der Waals surface area contributed by atoms with Gasteiger partial charge in [0, 0.05) is 24.0 Å². The van der Waals surface area contributed by atoms with Gasteiger partial charge < -0.3 is 14.4 Å². The Labute approximate surface area is 173 Å². The van der Waals surface area contributed by atoms with Gasteiger partial charge in [0.05, 0.1) is 38.7 Å². The molecule has 1 amide bonds. The second-order valence-corrected chi connectivity index (χ2v) is 7.43.